The van der Waals surface area contributed by atoms with Crippen molar-refractivity contribution in [3.05, 3.63) is 59.7 Å². The standard InChI is InChI=1S/C23H27N3O5S/c27-21-10-3-2-9-20(21)23(29)25-15-13-24(14-16-25)22(28)18-7-6-8-19(17-18)32(30,31)26-11-4-1-5-12-26/h2-3,6-10,17,27H,1,4-5,11-16H2. The summed E-state index contributed by atoms with van der Waals surface area (Å²) in [5.74, 6) is -0.595. The second-order valence-electron chi connectivity index (χ2n) is 8.09. The van der Waals surface area contributed by atoms with E-state index in [2.05, 4.69) is 0 Å². The number of amides is 2. The number of piperidine rings is 1. The maximum absolute atomic E-state index is 13.0. The quantitative estimate of drug-likeness (QED) is 0.759. The van der Waals surface area contributed by atoms with Gasteiger partial charge in [-0.15, -0.1) is 0 Å². The van der Waals surface area contributed by atoms with Crippen molar-refractivity contribution < 1.29 is 23.1 Å². The van der Waals surface area contributed by atoms with Gasteiger partial charge < -0.3 is 14.9 Å². The van der Waals surface area contributed by atoms with E-state index in [-0.39, 0.29) is 28.0 Å². The first-order valence-electron chi connectivity index (χ1n) is 10.8. The number of benzene rings is 2. The minimum atomic E-state index is -3.62. The number of hydrogen-bond donors (Lipinski definition) is 1. The Kier molecular flexibility index (Phi) is 6.48. The summed E-state index contributed by atoms with van der Waals surface area (Å²) in [5, 5.41) is 9.92. The summed E-state index contributed by atoms with van der Waals surface area (Å²) in [5.41, 5.74) is 0.562. The zero-order valence-electron chi connectivity index (χ0n) is 17.8. The van der Waals surface area contributed by atoms with Gasteiger partial charge in [-0.1, -0.05) is 24.6 Å². The van der Waals surface area contributed by atoms with Gasteiger partial charge >= 0.3 is 0 Å². The van der Waals surface area contributed by atoms with E-state index in [1.807, 2.05) is 0 Å². The van der Waals surface area contributed by atoms with Gasteiger partial charge in [0, 0.05) is 44.8 Å². The average Bonchev–Trinajstić information content (AvgIpc) is 2.84. The topological polar surface area (TPSA) is 98.2 Å². The van der Waals surface area contributed by atoms with Crippen molar-refractivity contribution in [2.45, 2.75) is 24.2 Å². The third-order valence-electron chi connectivity index (χ3n) is 6.02. The summed E-state index contributed by atoms with van der Waals surface area (Å²) in [6.45, 7) is 2.36. The fourth-order valence-corrected chi connectivity index (χ4v) is 5.73. The minimum Gasteiger partial charge on any atom is -0.507 e. The summed E-state index contributed by atoms with van der Waals surface area (Å²) in [7, 11) is -3.62. The van der Waals surface area contributed by atoms with Gasteiger partial charge in [0.1, 0.15) is 5.75 Å². The summed E-state index contributed by atoms with van der Waals surface area (Å²) in [6, 6.07) is 12.6. The van der Waals surface area contributed by atoms with Crippen LogP contribution in [0.15, 0.2) is 53.4 Å². The Morgan fingerprint density at radius 2 is 1.38 bits per heavy atom. The van der Waals surface area contributed by atoms with Crippen LogP contribution in [0, 0.1) is 0 Å². The molecular weight excluding hydrogens is 430 g/mol. The number of carbonyl (C=O) groups is 2. The highest BCUT2D eigenvalue weighted by Crippen LogP contribution is 2.23. The van der Waals surface area contributed by atoms with Crippen LogP contribution in [-0.2, 0) is 10.0 Å². The predicted octanol–water partition coefficient (Wildman–Crippen LogP) is 2.17. The van der Waals surface area contributed by atoms with Crippen molar-refractivity contribution in [1.29, 1.82) is 0 Å². The molecule has 0 bridgehead atoms. The first kappa shape index (κ1) is 22.3. The monoisotopic (exact) mass is 457 g/mol. The molecule has 2 saturated heterocycles. The molecule has 0 unspecified atom stereocenters. The lowest BCUT2D eigenvalue weighted by Gasteiger charge is -2.35. The van der Waals surface area contributed by atoms with Crippen LogP contribution in [0.4, 0.5) is 0 Å². The molecule has 2 aliphatic rings. The van der Waals surface area contributed by atoms with Crippen LogP contribution in [0.3, 0.4) is 0 Å². The number of carbonyl (C=O) groups excluding carboxylic acids is 2. The van der Waals surface area contributed by atoms with Gasteiger partial charge in [0.25, 0.3) is 11.8 Å². The first-order chi connectivity index (χ1) is 15.4. The number of rotatable bonds is 4. The maximum Gasteiger partial charge on any atom is 0.257 e. The average molecular weight is 458 g/mol. The zero-order chi connectivity index (χ0) is 22.7. The molecule has 9 heteroatoms. The number of sulfonamides is 1. The molecule has 4 rings (SSSR count). The molecule has 0 spiro atoms. The molecule has 170 valence electrons. The van der Waals surface area contributed by atoms with E-state index in [4.69, 9.17) is 0 Å². The Balaban J connectivity index is 1.43. The number of nitrogens with zero attached hydrogens (tertiary/aromatic N) is 3. The van der Waals surface area contributed by atoms with E-state index in [9.17, 15) is 23.1 Å². The van der Waals surface area contributed by atoms with E-state index < -0.39 is 10.0 Å². The molecule has 8 nitrogen and oxygen atoms in total. The highest BCUT2D eigenvalue weighted by molar-refractivity contribution is 7.89. The number of aromatic hydroxyl groups is 1. The van der Waals surface area contributed by atoms with Gasteiger partial charge in [0.15, 0.2) is 0 Å². The van der Waals surface area contributed by atoms with Gasteiger partial charge in [-0.2, -0.15) is 4.31 Å². The van der Waals surface area contributed by atoms with Crippen molar-refractivity contribution in [2.24, 2.45) is 0 Å². The Morgan fingerprint density at radius 3 is 2.03 bits per heavy atom. The Hall–Kier alpha value is -2.91. The van der Waals surface area contributed by atoms with Gasteiger partial charge in [0.05, 0.1) is 10.5 Å². The molecule has 2 aliphatic heterocycles. The highest BCUT2D eigenvalue weighted by atomic mass is 32.2. The molecule has 2 fully saturated rings. The largest absolute Gasteiger partial charge is 0.507 e. The summed E-state index contributed by atoms with van der Waals surface area (Å²) in [6.07, 6.45) is 2.73. The van der Waals surface area contributed by atoms with Crippen LogP contribution in [0.5, 0.6) is 5.75 Å². The zero-order valence-corrected chi connectivity index (χ0v) is 18.6. The first-order valence-corrected chi connectivity index (χ1v) is 12.3. The lowest BCUT2D eigenvalue weighted by atomic mass is 10.1. The third-order valence-corrected chi connectivity index (χ3v) is 7.92. The number of hydrogen-bond acceptors (Lipinski definition) is 5. The summed E-state index contributed by atoms with van der Waals surface area (Å²) in [4.78, 5) is 29.1. The van der Waals surface area contributed by atoms with Crippen molar-refractivity contribution in [2.75, 3.05) is 39.3 Å². The molecule has 2 heterocycles. The fourth-order valence-electron chi connectivity index (χ4n) is 4.16. The molecule has 2 aromatic carbocycles. The molecule has 2 amide bonds. The molecule has 0 atom stereocenters. The highest BCUT2D eigenvalue weighted by Gasteiger charge is 2.29. The lowest BCUT2D eigenvalue weighted by Crippen LogP contribution is -2.50. The van der Waals surface area contributed by atoms with Crippen molar-refractivity contribution in [3.63, 3.8) is 0 Å². The lowest BCUT2D eigenvalue weighted by molar-refractivity contribution is 0.0533. The van der Waals surface area contributed by atoms with Gasteiger partial charge in [-0.3, -0.25) is 9.59 Å². The number of phenolic OH excluding ortho intramolecular Hbond substituents is 1. The van der Waals surface area contributed by atoms with Crippen LogP contribution in [0.25, 0.3) is 0 Å². The van der Waals surface area contributed by atoms with E-state index in [1.54, 1.807) is 40.1 Å². The fraction of sp³-hybridized carbons (Fsp3) is 0.391. The molecule has 1 N–H and O–H groups in total. The molecule has 2 aromatic rings. The van der Waals surface area contributed by atoms with Crippen LogP contribution in [-0.4, -0.2) is 78.7 Å². The Labute approximate surface area is 188 Å². The van der Waals surface area contributed by atoms with E-state index in [0.717, 1.165) is 19.3 Å². The van der Waals surface area contributed by atoms with Crippen molar-refractivity contribution in [3.8, 4) is 5.75 Å². The van der Waals surface area contributed by atoms with Crippen molar-refractivity contribution in [1.82, 2.24) is 14.1 Å². The van der Waals surface area contributed by atoms with Crippen LogP contribution >= 0.6 is 0 Å². The Morgan fingerprint density at radius 1 is 0.750 bits per heavy atom. The van der Waals surface area contributed by atoms with E-state index in [1.165, 1.54) is 22.5 Å². The summed E-state index contributed by atoms with van der Waals surface area (Å²) < 4.78 is 27.4. The van der Waals surface area contributed by atoms with E-state index >= 15 is 0 Å². The number of piperazine rings is 1. The third kappa shape index (κ3) is 4.49. The molecule has 32 heavy (non-hydrogen) atoms. The molecule has 0 saturated carbocycles. The van der Waals surface area contributed by atoms with Crippen LogP contribution < -0.4 is 0 Å². The molecular formula is C23H27N3O5S. The van der Waals surface area contributed by atoms with Gasteiger partial charge in [-0.05, 0) is 43.2 Å². The normalized spacial score (nSPS) is 17.9. The van der Waals surface area contributed by atoms with Gasteiger partial charge in [-0.25, -0.2) is 8.42 Å². The minimum absolute atomic E-state index is 0.0669. The number of para-hydroxylation sites is 1. The van der Waals surface area contributed by atoms with E-state index in [0.29, 0.717) is 44.8 Å². The summed E-state index contributed by atoms with van der Waals surface area (Å²) >= 11 is 0. The molecule has 0 aromatic heterocycles. The molecule has 0 radical (unpaired) electrons. The Bertz CT molecular complexity index is 1100. The SMILES string of the molecule is O=C(c1cccc(S(=O)(=O)N2CCCCC2)c1)N1CCN(C(=O)c2ccccc2O)CC1. The second kappa shape index (κ2) is 9.30. The van der Waals surface area contributed by atoms with Crippen molar-refractivity contribution >= 4 is 21.8 Å². The van der Waals surface area contributed by atoms with Crippen LogP contribution in [0.2, 0.25) is 0 Å². The predicted molar refractivity (Wildman–Crippen MR) is 119 cm³/mol. The smallest absolute Gasteiger partial charge is 0.257 e. The number of phenols is 1. The maximum atomic E-state index is 13.0. The molecule has 0 aliphatic carbocycles. The second-order valence-corrected chi connectivity index (χ2v) is 10.0. The van der Waals surface area contributed by atoms with Crippen LogP contribution in [0.1, 0.15) is 40.0 Å². The van der Waals surface area contributed by atoms with Gasteiger partial charge in [0.2, 0.25) is 10.0 Å².